The molecule has 116 valence electrons. The van der Waals surface area contributed by atoms with Crippen LogP contribution in [0, 0.1) is 0 Å². The second-order valence-corrected chi connectivity index (χ2v) is 5.39. The first kappa shape index (κ1) is 14.8. The van der Waals surface area contributed by atoms with Gasteiger partial charge < -0.3 is 16.8 Å². The minimum atomic E-state index is -0.0569. The zero-order chi connectivity index (χ0) is 16.2. The molecule has 3 aromatic rings. The molecule has 0 aliphatic rings. The summed E-state index contributed by atoms with van der Waals surface area (Å²) in [6.45, 7) is 0. The summed E-state index contributed by atoms with van der Waals surface area (Å²) in [6.07, 6.45) is 2.69. The molecule has 1 amide bonds. The van der Waals surface area contributed by atoms with Gasteiger partial charge in [-0.15, -0.1) is 0 Å². The van der Waals surface area contributed by atoms with E-state index in [1.165, 1.54) is 0 Å². The van der Waals surface area contributed by atoms with Gasteiger partial charge in [-0.2, -0.15) is 0 Å². The normalized spacial score (nSPS) is 10.6. The second-order valence-electron chi connectivity index (χ2n) is 5.39. The number of aryl methyl sites for hydroxylation is 1. The third kappa shape index (κ3) is 3.40. The number of carbonyl (C=O) groups is 1. The fourth-order valence-electron chi connectivity index (χ4n) is 2.46. The lowest BCUT2D eigenvalue weighted by atomic mass is 10.1. The molecule has 0 atom stereocenters. The molecule has 5 N–H and O–H groups in total. The molecule has 23 heavy (non-hydrogen) atoms. The molecule has 0 aliphatic carbocycles. The predicted molar refractivity (Wildman–Crippen MR) is 94.0 cm³/mol. The van der Waals surface area contributed by atoms with Gasteiger partial charge in [0, 0.05) is 18.0 Å². The van der Waals surface area contributed by atoms with Crippen LogP contribution in [-0.4, -0.2) is 10.9 Å². The number of nitrogens with two attached hydrogens (primary N) is 2. The standard InChI is InChI=1S/C18H18N4O/c19-14-8-6-12(11-15(14)20)7-9-17(23)22-16-5-1-3-13-4-2-10-21-18(13)16/h1-6,8,10-11H,7,9,19-20H2,(H,22,23). The smallest absolute Gasteiger partial charge is 0.224 e. The average molecular weight is 306 g/mol. The molecule has 5 nitrogen and oxygen atoms in total. The number of nitrogens with zero attached hydrogens (tertiary/aromatic N) is 1. The van der Waals surface area contributed by atoms with Crippen LogP contribution in [0.25, 0.3) is 10.9 Å². The van der Waals surface area contributed by atoms with Gasteiger partial charge in [-0.05, 0) is 36.2 Å². The van der Waals surface area contributed by atoms with Crippen molar-refractivity contribution in [3.8, 4) is 0 Å². The highest BCUT2D eigenvalue weighted by molar-refractivity contribution is 6.00. The highest BCUT2D eigenvalue weighted by Gasteiger charge is 2.07. The van der Waals surface area contributed by atoms with Crippen molar-refractivity contribution >= 4 is 33.9 Å². The quantitative estimate of drug-likeness (QED) is 0.646. The van der Waals surface area contributed by atoms with E-state index in [0.717, 1.165) is 22.2 Å². The molecular formula is C18H18N4O. The molecule has 0 unspecified atom stereocenters. The Bertz CT molecular complexity index is 855. The van der Waals surface area contributed by atoms with Crippen LogP contribution in [0.1, 0.15) is 12.0 Å². The van der Waals surface area contributed by atoms with Gasteiger partial charge in [0.25, 0.3) is 0 Å². The van der Waals surface area contributed by atoms with Crippen LogP contribution in [-0.2, 0) is 11.2 Å². The number of amides is 1. The number of aromatic nitrogens is 1. The van der Waals surface area contributed by atoms with Crippen molar-refractivity contribution in [2.24, 2.45) is 0 Å². The number of nitrogen functional groups attached to an aromatic ring is 2. The van der Waals surface area contributed by atoms with Gasteiger partial charge in [-0.3, -0.25) is 9.78 Å². The van der Waals surface area contributed by atoms with Crippen molar-refractivity contribution in [2.45, 2.75) is 12.8 Å². The van der Waals surface area contributed by atoms with Crippen LogP contribution in [0.2, 0.25) is 0 Å². The molecule has 5 heteroatoms. The Morgan fingerprint density at radius 1 is 1.04 bits per heavy atom. The Kier molecular flexibility index (Phi) is 4.10. The summed E-state index contributed by atoms with van der Waals surface area (Å²) in [4.78, 5) is 16.5. The van der Waals surface area contributed by atoms with E-state index in [2.05, 4.69) is 10.3 Å². The minimum absolute atomic E-state index is 0.0569. The van der Waals surface area contributed by atoms with Gasteiger partial charge in [0.1, 0.15) is 0 Å². The molecule has 0 saturated heterocycles. The average Bonchev–Trinajstić information content (AvgIpc) is 2.56. The van der Waals surface area contributed by atoms with E-state index >= 15 is 0 Å². The Morgan fingerprint density at radius 2 is 1.87 bits per heavy atom. The Labute approximate surface area is 134 Å². The summed E-state index contributed by atoms with van der Waals surface area (Å²) in [5.41, 5.74) is 15.1. The number of benzene rings is 2. The minimum Gasteiger partial charge on any atom is -0.397 e. The highest BCUT2D eigenvalue weighted by Crippen LogP contribution is 2.21. The number of anilines is 3. The first-order chi connectivity index (χ1) is 11.1. The molecule has 0 radical (unpaired) electrons. The molecule has 2 aromatic carbocycles. The van der Waals surface area contributed by atoms with Crippen LogP contribution in [0.3, 0.4) is 0 Å². The van der Waals surface area contributed by atoms with Gasteiger partial charge in [-0.25, -0.2) is 0 Å². The molecule has 0 spiro atoms. The number of pyridine rings is 1. The second kappa shape index (κ2) is 6.36. The number of nitrogens with one attached hydrogen (secondary N) is 1. The fraction of sp³-hybridized carbons (Fsp3) is 0.111. The van der Waals surface area contributed by atoms with Crippen molar-refractivity contribution in [3.63, 3.8) is 0 Å². The summed E-state index contributed by atoms with van der Waals surface area (Å²) < 4.78 is 0. The van der Waals surface area contributed by atoms with Gasteiger partial charge in [0.2, 0.25) is 5.91 Å². The number of fused-ring (bicyclic) bond motifs is 1. The van der Waals surface area contributed by atoms with Crippen LogP contribution in [0.15, 0.2) is 54.7 Å². The van der Waals surface area contributed by atoms with Crippen LogP contribution >= 0.6 is 0 Å². The molecule has 3 rings (SSSR count). The van der Waals surface area contributed by atoms with Crippen molar-refractivity contribution in [2.75, 3.05) is 16.8 Å². The van der Waals surface area contributed by atoms with Crippen molar-refractivity contribution in [1.82, 2.24) is 4.98 Å². The zero-order valence-electron chi connectivity index (χ0n) is 12.6. The van der Waals surface area contributed by atoms with Gasteiger partial charge >= 0.3 is 0 Å². The summed E-state index contributed by atoms with van der Waals surface area (Å²) in [5.74, 6) is -0.0569. The molecule has 1 heterocycles. The van der Waals surface area contributed by atoms with E-state index in [9.17, 15) is 4.79 Å². The van der Waals surface area contributed by atoms with E-state index in [1.54, 1.807) is 12.3 Å². The predicted octanol–water partition coefficient (Wildman–Crippen LogP) is 2.97. The third-order valence-corrected chi connectivity index (χ3v) is 3.70. The molecular weight excluding hydrogens is 288 g/mol. The number of hydrogen-bond acceptors (Lipinski definition) is 4. The van der Waals surface area contributed by atoms with E-state index in [-0.39, 0.29) is 5.91 Å². The van der Waals surface area contributed by atoms with Crippen molar-refractivity contribution < 1.29 is 4.79 Å². The fourth-order valence-corrected chi connectivity index (χ4v) is 2.46. The van der Waals surface area contributed by atoms with Crippen molar-refractivity contribution in [3.05, 3.63) is 60.3 Å². The Balaban J connectivity index is 1.68. The number of para-hydroxylation sites is 1. The summed E-state index contributed by atoms with van der Waals surface area (Å²) in [5, 5.41) is 3.92. The van der Waals surface area contributed by atoms with Gasteiger partial charge in [0.15, 0.2) is 0 Å². The third-order valence-electron chi connectivity index (χ3n) is 3.70. The van der Waals surface area contributed by atoms with Crippen LogP contribution in [0.5, 0.6) is 0 Å². The maximum atomic E-state index is 12.2. The number of carbonyl (C=O) groups excluding carboxylic acids is 1. The molecule has 0 aliphatic heterocycles. The topological polar surface area (TPSA) is 94.0 Å². The largest absolute Gasteiger partial charge is 0.397 e. The number of hydrogen-bond donors (Lipinski definition) is 3. The van der Waals surface area contributed by atoms with E-state index in [4.69, 9.17) is 11.5 Å². The monoisotopic (exact) mass is 306 g/mol. The maximum absolute atomic E-state index is 12.2. The lowest BCUT2D eigenvalue weighted by Crippen LogP contribution is -2.13. The molecule has 0 bridgehead atoms. The Morgan fingerprint density at radius 3 is 2.70 bits per heavy atom. The Hall–Kier alpha value is -3.08. The first-order valence-electron chi connectivity index (χ1n) is 7.41. The molecule has 0 saturated carbocycles. The van der Waals surface area contributed by atoms with E-state index in [1.807, 2.05) is 42.5 Å². The zero-order valence-corrected chi connectivity index (χ0v) is 12.6. The SMILES string of the molecule is Nc1ccc(CCC(=O)Nc2cccc3cccnc23)cc1N. The summed E-state index contributed by atoms with van der Waals surface area (Å²) in [7, 11) is 0. The number of rotatable bonds is 4. The molecule has 1 aromatic heterocycles. The van der Waals surface area contributed by atoms with E-state index < -0.39 is 0 Å². The van der Waals surface area contributed by atoms with Crippen molar-refractivity contribution in [1.29, 1.82) is 0 Å². The summed E-state index contributed by atoms with van der Waals surface area (Å²) >= 11 is 0. The lowest BCUT2D eigenvalue weighted by molar-refractivity contribution is -0.116. The first-order valence-corrected chi connectivity index (χ1v) is 7.41. The van der Waals surface area contributed by atoms with Gasteiger partial charge in [0.05, 0.1) is 22.6 Å². The summed E-state index contributed by atoms with van der Waals surface area (Å²) in [6, 6.07) is 15.0. The van der Waals surface area contributed by atoms with Crippen LogP contribution in [0.4, 0.5) is 17.1 Å². The highest BCUT2D eigenvalue weighted by atomic mass is 16.1. The van der Waals surface area contributed by atoms with Crippen LogP contribution < -0.4 is 16.8 Å². The van der Waals surface area contributed by atoms with Gasteiger partial charge in [-0.1, -0.05) is 24.3 Å². The van der Waals surface area contributed by atoms with E-state index in [0.29, 0.717) is 24.2 Å². The lowest BCUT2D eigenvalue weighted by Gasteiger charge is -2.08. The molecule has 0 fully saturated rings. The maximum Gasteiger partial charge on any atom is 0.224 e.